The van der Waals surface area contributed by atoms with Gasteiger partial charge in [0.1, 0.15) is 0 Å². The molecular weight excluding hydrogens is 364 g/mol. The average Bonchev–Trinajstić information content (AvgIpc) is 2.44. The van der Waals surface area contributed by atoms with Crippen LogP contribution in [-0.2, 0) is 5.41 Å². The Morgan fingerprint density at radius 2 is 0.920 bits per heavy atom. The maximum Gasteiger partial charge on any atom is 0.411 e. The summed E-state index contributed by atoms with van der Waals surface area (Å²) in [5.74, 6) is -5.73. The Kier molecular flexibility index (Phi) is 4.35. The molecule has 0 heterocycles. The summed E-state index contributed by atoms with van der Waals surface area (Å²) in [5.41, 5.74) is -7.98. The van der Waals surface area contributed by atoms with Crippen LogP contribution in [0.2, 0.25) is 0 Å². The summed E-state index contributed by atoms with van der Waals surface area (Å²) in [6.45, 7) is 0. The third kappa shape index (κ3) is 2.85. The van der Waals surface area contributed by atoms with Crippen LogP contribution in [0.4, 0.5) is 35.1 Å². The third-order valence-corrected chi connectivity index (χ3v) is 3.61. The maximum atomic E-state index is 13.6. The van der Waals surface area contributed by atoms with Crippen LogP contribution >= 0.6 is 0 Å². The number of hydrogen-bond acceptors (Lipinski definition) is 2. The van der Waals surface area contributed by atoms with Gasteiger partial charge >= 0.3 is 12.4 Å². The maximum absolute atomic E-state index is 13.6. The summed E-state index contributed by atoms with van der Waals surface area (Å²) in [4.78, 5) is 0. The fraction of sp³-hybridized carbons (Fsp3) is 0.200. The van der Waals surface area contributed by atoms with E-state index < -0.39 is 52.0 Å². The SMILES string of the molecule is Oc1ccc(C(c2ccc(O)c(F)c2)(C(F)(F)F)C(F)(F)F)cc1F. The van der Waals surface area contributed by atoms with Crippen molar-refractivity contribution in [1.29, 1.82) is 0 Å². The number of benzene rings is 2. The molecule has 2 aromatic rings. The highest BCUT2D eigenvalue weighted by Gasteiger charge is 2.72. The Labute approximate surface area is 134 Å². The lowest BCUT2D eigenvalue weighted by atomic mass is 9.72. The van der Waals surface area contributed by atoms with Gasteiger partial charge in [-0.2, -0.15) is 26.3 Å². The van der Waals surface area contributed by atoms with E-state index in [4.69, 9.17) is 10.2 Å². The molecule has 0 aliphatic rings. The van der Waals surface area contributed by atoms with Crippen molar-refractivity contribution in [2.45, 2.75) is 17.8 Å². The van der Waals surface area contributed by atoms with Crippen molar-refractivity contribution < 1.29 is 45.3 Å². The van der Waals surface area contributed by atoms with Crippen molar-refractivity contribution in [3.05, 3.63) is 59.2 Å². The zero-order chi connectivity index (χ0) is 19.2. The van der Waals surface area contributed by atoms with Crippen molar-refractivity contribution in [3.8, 4) is 11.5 Å². The van der Waals surface area contributed by atoms with Gasteiger partial charge < -0.3 is 10.2 Å². The number of aromatic hydroxyl groups is 2. The van der Waals surface area contributed by atoms with E-state index in [1.165, 1.54) is 0 Å². The van der Waals surface area contributed by atoms with Gasteiger partial charge in [0.2, 0.25) is 5.41 Å². The molecule has 136 valence electrons. The average molecular weight is 372 g/mol. The first kappa shape index (κ1) is 18.8. The van der Waals surface area contributed by atoms with Gasteiger partial charge in [-0.3, -0.25) is 0 Å². The van der Waals surface area contributed by atoms with Crippen LogP contribution in [0.5, 0.6) is 11.5 Å². The van der Waals surface area contributed by atoms with Crippen LogP contribution in [0.3, 0.4) is 0 Å². The minimum Gasteiger partial charge on any atom is -0.505 e. The molecule has 0 unspecified atom stereocenters. The van der Waals surface area contributed by atoms with Crippen LogP contribution in [-0.4, -0.2) is 22.6 Å². The molecule has 2 aromatic carbocycles. The van der Waals surface area contributed by atoms with Crippen LogP contribution in [0.25, 0.3) is 0 Å². The van der Waals surface area contributed by atoms with E-state index in [2.05, 4.69) is 0 Å². The molecule has 2 rings (SSSR count). The van der Waals surface area contributed by atoms with Gasteiger partial charge in [-0.05, 0) is 35.4 Å². The lowest BCUT2D eigenvalue weighted by Gasteiger charge is -2.38. The van der Waals surface area contributed by atoms with Gasteiger partial charge in [-0.1, -0.05) is 12.1 Å². The first-order chi connectivity index (χ1) is 11.3. The van der Waals surface area contributed by atoms with Gasteiger partial charge in [0.25, 0.3) is 0 Å². The molecule has 2 N–H and O–H groups in total. The molecule has 0 spiro atoms. The van der Waals surface area contributed by atoms with Gasteiger partial charge in [0.05, 0.1) is 0 Å². The molecule has 2 nitrogen and oxygen atoms in total. The molecule has 0 aliphatic carbocycles. The molecule has 0 atom stereocenters. The van der Waals surface area contributed by atoms with Crippen molar-refractivity contribution in [2.75, 3.05) is 0 Å². The van der Waals surface area contributed by atoms with Crippen LogP contribution in [0.1, 0.15) is 11.1 Å². The fourth-order valence-electron chi connectivity index (χ4n) is 2.46. The smallest absolute Gasteiger partial charge is 0.411 e. The van der Waals surface area contributed by atoms with E-state index in [0.717, 1.165) is 0 Å². The quantitative estimate of drug-likeness (QED) is 0.745. The van der Waals surface area contributed by atoms with Crippen molar-refractivity contribution >= 4 is 0 Å². The highest BCUT2D eigenvalue weighted by atomic mass is 19.4. The number of phenols is 2. The summed E-state index contributed by atoms with van der Waals surface area (Å²) in [6, 6.07) is 0.887. The number of phenolic OH excluding ortho intramolecular Hbond substituents is 2. The molecule has 0 bridgehead atoms. The second kappa shape index (κ2) is 5.78. The lowest BCUT2D eigenvalue weighted by Crippen LogP contribution is -2.54. The molecule has 0 saturated heterocycles. The monoisotopic (exact) mass is 372 g/mol. The van der Waals surface area contributed by atoms with Crippen LogP contribution < -0.4 is 0 Å². The standard InChI is InChI=1S/C15H8F8O2/c16-9-5-7(1-3-11(9)24)13(14(18,19)20,15(21,22)23)8-2-4-12(25)10(17)6-8/h1-6,24-25H. The third-order valence-electron chi connectivity index (χ3n) is 3.61. The Morgan fingerprint density at radius 1 is 0.600 bits per heavy atom. The van der Waals surface area contributed by atoms with E-state index in [0.29, 0.717) is 12.1 Å². The second-order valence-electron chi connectivity index (χ2n) is 5.08. The summed E-state index contributed by atoms with van der Waals surface area (Å²) in [5, 5.41) is 18.1. The molecule has 10 heteroatoms. The first-order valence-corrected chi connectivity index (χ1v) is 6.44. The predicted octanol–water partition coefficient (Wildman–Crippen LogP) is 4.79. The largest absolute Gasteiger partial charge is 0.505 e. The Hall–Kier alpha value is -2.52. The van der Waals surface area contributed by atoms with E-state index in [-0.39, 0.29) is 24.3 Å². The van der Waals surface area contributed by atoms with Gasteiger partial charge in [-0.25, -0.2) is 8.78 Å². The Bertz CT molecular complexity index is 728. The topological polar surface area (TPSA) is 40.5 Å². The van der Waals surface area contributed by atoms with Gasteiger partial charge in [0, 0.05) is 0 Å². The summed E-state index contributed by atoms with van der Waals surface area (Å²) in [7, 11) is 0. The Balaban J connectivity index is 2.96. The minimum atomic E-state index is -6.04. The van der Waals surface area contributed by atoms with Crippen molar-refractivity contribution in [2.24, 2.45) is 0 Å². The normalized spacial score (nSPS) is 13.1. The molecule has 25 heavy (non-hydrogen) atoms. The van der Waals surface area contributed by atoms with Crippen LogP contribution in [0.15, 0.2) is 36.4 Å². The highest BCUT2D eigenvalue weighted by Crippen LogP contribution is 2.56. The second-order valence-corrected chi connectivity index (χ2v) is 5.08. The van der Waals surface area contributed by atoms with E-state index in [1.807, 2.05) is 0 Å². The molecule has 0 amide bonds. The number of rotatable bonds is 2. The molecule has 0 fully saturated rings. The zero-order valence-electron chi connectivity index (χ0n) is 11.9. The van der Waals surface area contributed by atoms with Gasteiger partial charge in [-0.15, -0.1) is 0 Å². The number of halogens is 8. The van der Waals surface area contributed by atoms with E-state index >= 15 is 0 Å². The van der Waals surface area contributed by atoms with Crippen molar-refractivity contribution in [3.63, 3.8) is 0 Å². The Morgan fingerprint density at radius 3 is 1.16 bits per heavy atom. The predicted molar refractivity (Wildman–Crippen MR) is 69.0 cm³/mol. The van der Waals surface area contributed by atoms with Crippen molar-refractivity contribution in [1.82, 2.24) is 0 Å². The van der Waals surface area contributed by atoms with Crippen LogP contribution in [0, 0.1) is 11.6 Å². The summed E-state index contributed by atoms with van der Waals surface area (Å²) < 4.78 is 109. The first-order valence-electron chi connectivity index (χ1n) is 6.44. The minimum absolute atomic E-state index is 0.124. The molecule has 0 aromatic heterocycles. The molecule has 0 radical (unpaired) electrons. The van der Waals surface area contributed by atoms with E-state index in [9.17, 15) is 35.1 Å². The highest BCUT2D eigenvalue weighted by molar-refractivity contribution is 5.47. The number of alkyl halides is 6. The fourth-order valence-corrected chi connectivity index (χ4v) is 2.46. The van der Waals surface area contributed by atoms with E-state index in [1.54, 1.807) is 0 Å². The molecule has 0 saturated carbocycles. The summed E-state index contributed by atoms with van der Waals surface area (Å²) in [6.07, 6.45) is -12.1. The molecule has 0 aliphatic heterocycles. The number of hydrogen-bond donors (Lipinski definition) is 2. The molecular formula is C15H8F8O2. The summed E-state index contributed by atoms with van der Waals surface area (Å²) >= 11 is 0. The lowest BCUT2D eigenvalue weighted by molar-refractivity contribution is -0.288. The van der Waals surface area contributed by atoms with Gasteiger partial charge in [0.15, 0.2) is 23.1 Å². The zero-order valence-corrected chi connectivity index (χ0v) is 11.9.